The summed E-state index contributed by atoms with van der Waals surface area (Å²) in [6, 6.07) is 3.53. The molecule has 3 heteroatoms. The van der Waals surface area contributed by atoms with E-state index in [4.69, 9.17) is 0 Å². The predicted octanol–water partition coefficient (Wildman–Crippen LogP) is 4.48. The molecule has 1 aromatic carbocycles. The van der Waals surface area contributed by atoms with E-state index in [-0.39, 0.29) is 11.5 Å². The molecule has 1 saturated carbocycles. The molecule has 0 aliphatic heterocycles. The van der Waals surface area contributed by atoms with Gasteiger partial charge in [0.1, 0.15) is 5.75 Å². The third-order valence-electron chi connectivity index (χ3n) is 3.54. The van der Waals surface area contributed by atoms with Crippen LogP contribution in [-0.4, -0.2) is 10.9 Å². The lowest BCUT2D eigenvalue weighted by Gasteiger charge is -2.10. The first-order chi connectivity index (χ1) is 8.61. The number of rotatable bonds is 6. The summed E-state index contributed by atoms with van der Waals surface area (Å²) in [4.78, 5) is 12.2. The van der Waals surface area contributed by atoms with Gasteiger partial charge in [-0.1, -0.05) is 42.1 Å². The van der Waals surface area contributed by atoms with Gasteiger partial charge in [-0.05, 0) is 36.5 Å². The smallest absolute Gasteiger partial charge is 0.166 e. The lowest BCUT2D eigenvalue weighted by molar-refractivity contribution is 0.0975. The van der Waals surface area contributed by atoms with Crippen LogP contribution < -0.4 is 0 Å². The second-order valence-corrected chi connectivity index (χ2v) is 5.99. The van der Waals surface area contributed by atoms with Gasteiger partial charge in [0.15, 0.2) is 5.78 Å². The first-order valence-corrected chi connectivity index (χ1v) is 7.45. The van der Waals surface area contributed by atoms with Gasteiger partial charge in [0.2, 0.25) is 0 Å². The van der Waals surface area contributed by atoms with E-state index >= 15 is 0 Å². The van der Waals surface area contributed by atoms with Crippen molar-refractivity contribution in [1.82, 2.24) is 0 Å². The maximum absolute atomic E-state index is 12.2. The first kappa shape index (κ1) is 13.6. The van der Waals surface area contributed by atoms with E-state index in [1.165, 1.54) is 12.8 Å². The number of carbonyl (C=O) groups excluding carboxylic acids is 1. The van der Waals surface area contributed by atoms with Gasteiger partial charge >= 0.3 is 0 Å². The van der Waals surface area contributed by atoms with E-state index in [9.17, 15) is 9.90 Å². The van der Waals surface area contributed by atoms with Crippen molar-refractivity contribution in [2.45, 2.75) is 45.4 Å². The van der Waals surface area contributed by atoms with Crippen LogP contribution in [0.3, 0.4) is 0 Å². The Morgan fingerprint density at radius 1 is 1.44 bits per heavy atom. The van der Waals surface area contributed by atoms with Crippen molar-refractivity contribution in [3.8, 4) is 5.75 Å². The maximum atomic E-state index is 12.2. The number of hydrogen-bond acceptors (Lipinski definition) is 2. The summed E-state index contributed by atoms with van der Waals surface area (Å²) in [5.74, 6) is 1.05. The summed E-state index contributed by atoms with van der Waals surface area (Å²) < 4.78 is 0.825. The van der Waals surface area contributed by atoms with Crippen molar-refractivity contribution in [3.05, 3.63) is 27.7 Å². The Kier molecular flexibility index (Phi) is 4.44. The van der Waals surface area contributed by atoms with Crippen molar-refractivity contribution in [2.24, 2.45) is 5.92 Å². The number of Topliss-reactive ketones (excluding diaryl/α,β-unsaturated/α-hetero) is 1. The molecule has 1 aliphatic carbocycles. The Morgan fingerprint density at radius 3 is 2.78 bits per heavy atom. The summed E-state index contributed by atoms with van der Waals surface area (Å²) in [6.45, 7) is 2.00. The zero-order chi connectivity index (χ0) is 13.1. The Hall–Kier alpha value is -0.830. The van der Waals surface area contributed by atoms with Crippen LogP contribution in [0.5, 0.6) is 5.75 Å². The summed E-state index contributed by atoms with van der Waals surface area (Å²) in [5.41, 5.74) is 1.45. The van der Waals surface area contributed by atoms with Gasteiger partial charge in [0.25, 0.3) is 0 Å². The number of carbonyl (C=O) groups is 1. The molecule has 0 bridgehead atoms. The van der Waals surface area contributed by atoms with Crippen LogP contribution in [0.1, 0.15) is 54.9 Å². The summed E-state index contributed by atoms with van der Waals surface area (Å²) in [6.07, 6.45) is 6.08. The van der Waals surface area contributed by atoms with Gasteiger partial charge < -0.3 is 5.11 Å². The number of aromatic hydroxyl groups is 1. The molecule has 0 aromatic heterocycles. The van der Waals surface area contributed by atoms with Crippen molar-refractivity contribution in [2.75, 3.05) is 0 Å². The molecule has 1 aliphatic rings. The molecule has 18 heavy (non-hydrogen) atoms. The lowest BCUT2D eigenvalue weighted by Crippen LogP contribution is -2.04. The van der Waals surface area contributed by atoms with Crippen LogP contribution in [0.15, 0.2) is 16.6 Å². The summed E-state index contributed by atoms with van der Waals surface area (Å²) >= 11 is 3.35. The highest BCUT2D eigenvalue weighted by Gasteiger charge is 2.22. The Balaban J connectivity index is 2.07. The Labute approximate surface area is 117 Å². The molecular weight excluding hydrogens is 292 g/mol. The molecule has 1 N–H and O–H groups in total. The van der Waals surface area contributed by atoms with Crippen molar-refractivity contribution < 1.29 is 9.90 Å². The highest BCUT2D eigenvalue weighted by atomic mass is 79.9. The highest BCUT2D eigenvalue weighted by molar-refractivity contribution is 9.10. The van der Waals surface area contributed by atoms with Crippen LogP contribution in [0.25, 0.3) is 0 Å². The van der Waals surface area contributed by atoms with Crippen LogP contribution in [0.4, 0.5) is 0 Å². The molecule has 0 atom stereocenters. The molecule has 2 rings (SSSR count). The van der Waals surface area contributed by atoms with E-state index < -0.39 is 0 Å². The number of hydrogen-bond donors (Lipinski definition) is 1. The van der Waals surface area contributed by atoms with Crippen molar-refractivity contribution in [3.63, 3.8) is 0 Å². The monoisotopic (exact) mass is 310 g/mol. The SMILES string of the molecule is CCc1cc(Br)cc(O)c1C(=O)CCCC1CC1. The number of benzene rings is 1. The fraction of sp³-hybridized carbons (Fsp3) is 0.533. The predicted molar refractivity (Wildman–Crippen MR) is 76.1 cm³/mol. The molecule has 0 radical (unpaired) electrons. The summed E-state index contributed by atoms with van der Waals surface area (Å²) in [5, 5.41) is 9.94. The molecule has 98 valence electrons. The third-order valence-corrected chi connectivity index (χ3v) is 3.99. The van der Waals surface area contributed by atoms with Crippen molar-refractivity contribution in [1.29, 1.82) is 0 Å². The van der Waals surface area contributed by atoms with Crippen LogP contribution in [-0.2, 0) is 6.42 Å². The normalized spacial score (nSPS) is 14.8. The minimum Gasteiger partial charge on any atom is -0.507 e. The molecule has 2 nitrogen and oxygen atoms in total. The molecule has 0 saturated heterocycles. The molecule has 0 spiro atoms. The molecule has 0 amide bonds. The standard InChI is InChI=1S/C15H19BrO2/c1-2-11-8-12(16)9-14(18)15(11)13(17)5-3-4-10-6-7-10/h8-10,18H,2-7H2,1H3. The first-order valence-electron chi connectivity index (χ1n) is 6.66. The minimum absolute atomic E-state index is 0.0810. The van der Waals surface area contributed by atoms with Gasteiger partial charge in [0, 0.05) is 10.9 Å². The minimum atomic E-state index is 0.0810. The van der Waals surface area contributed by atoms with Gasteiger partial charge in [-0.3, -0.25) is 4.79 Å². The molecule has 1 fully saturated rings. The molecule has 1 aromatic rings. The number of phenolic OH excluding ortho intramolecular Hbond substituents is 1. The largest absolute Gasteiger partial charge is 0.507 e. The average molecular weight is 311 g/mol. The molecule has 0 unspecified atom stereocenters. The Morgan fingerprint density at radius 2 is 2.17 bits per heavy atom. The van der Waals surface area contributed by atoms with E-state index in [0.717, 1.165) is 35.2 Å². The number of ketones is 1. The van der Waals surface area contributed by atoms with Crippen molar-refractivity contribution >= 4 is 21.7 Å². The quantitative estimate of drug-likeness (QED) is 0.787. The van der Waals surface area contributed by atoms with E-state index in [1.54, 1.807) is 6.07 Å². The van der Waals surface area contributed by atoms with Gasteiger partial charge in [-0.15, -0.1) is 0 Å². The van der Waals surface area contributed by atoms with Gasteiger partial charge in [-0.25, -0.2) is 0 Å². The zero-order valence-electron chi connectivity index (χ0n) is 10.7. The third kappa shape index (κ3) is 3.35. The fourth-order valence-corrected chi connectivity index (χ4v) is 2.82. The van der Waals surface area contributed by atoms with E-state index in [2.05, 4.69) is 15.9 Å². The van der Waals surface area contributed by atoms with Gasteiger partial charge in [0.05, 0.1) is 5.56 Å². The zero-order valence-corrected chi connectivity index (χ0v) is 12.3. The number of aryl methyl sites for hydroxylation is 1. The highest BCUT2D eigenvalue weighted by Crippen LogP contribution is 2.34. The fourth-order valence-electron chi connectivity index (χ4n) is 2.33. The second kappa shape index (κ2) is 5.87. The topological polar surface area (TPSA) is 37.3 Å². The molecule has 0 heterocycles. The van der Waals surface area contributed by atoms with E-state index in [1.807, 2.05) is 13.0 Å². The van der Waals surface area contributed by atoms with Crippen LogP contribution >= 0.6 is 15.9 Å². The van der Waals surface area contributed by atoms with E-state index in [0.29, 0.717) is 12.0 Å². The van der Waals surface area contributed by atoms with Crippen LogP contribution in [0.2, 0.25) is 0 Å². The van der Waals surface area contributed by atoms with Gasteiger partial charge in [-0.2, -0.15) is 0 Å². The van der Waals surface area contributed by atoms with Crippen LogP contribution in [0, 0.1) is 5.92 Å². The maximum Gasteiger partial charge on any atom is 0.166 e. The summed E-state index contributed by atoms with van der Waals surface area (Å²) in [7, 11) is 0. The lowest BCUT2D eigenvalue weighted by atomic mass is 9.97. The molecular formula is C15H19BrO2. The number of halogens is 1. The Bertz CT molecular complexity index is 450. The number of phenols is 1. The second-order valence-electron chi connectivity index (χ2n) is 5.07. The average Bonchev–Trinajstić information content (AvgIpc) is 3.11.